The van der Waals surface area contributed by atoms with E-state index in [9.17, 15) is 5.11 Å². The fourth-order valence-corrected chi connectivity index (χ4v) is 4.34. The highest BCUT2D eigenvalue weighted by Crippen LogP contribution is 2.37. The molecular weight excluding hydrogens is 328 g/mol. The van der Waals surface area contributed by atoms with Crippen molar-refractivity contribution in [2.45, 2.75) is 71.3 Å². The van der Waals surface area contributed by atoms with Crippen LogP contribution in [0.15, 0.2) is 4.47 Å². The zero-order valence-electron chi connectivity index (χ0n) is 13.8. The van der Waals surface area contributed by atoms with Gasteiger partial charge in [0.25, 0.3) is 0 Å². The molecule has 1 heterocycles. The molecule has 2 rings (SSSR count). The standard InChI is InChI=1S/C17H29BrN2O/c1-5-14-16(18)15(20(4)19-14)11-17(21)9-6-7-13(8-10-17)12(2)3/h12-13,21H,5-11H2,1-4H3. The van der Waals surface area contributed by atoms with E-state index in [4.69, 9.17) is 0 Å². The van der Waals surface area contributed by atoms with Gasteiger partial charge in [0.15, 0.2) is 0 Å². The van der Waals surface area contributed by atoms with E-state index in [1.807, 2.05) is 11.7 Å². The molecule has 2 atom stereocenters. The van der Waals surface area contributed by atoms with E-state index in [2.05, 4.69) is 41.8 Å². The van der Waals surface area contributed by atoms with Gasteiger partial charge in [0.2, 0.25) is 0 Å². The van der Waals surface area contributed by atoms with Crippen LogP contribution in [-0.2, 0) is 19.9 Å². The first-order valence-electron chi connectivity index (χ1n) is 8.29. The van der Waals surface area contributed by atoms with Gasteiger partial charge in [-0.25, -0.2) is 0 Å². The maximum absolute atomic E-state index is 11.1. The highest BCUT2D eigenvalue weighted by Gasteiger charge is 2.33. The molecular formula is C17H29BrN2O. The largest absolute Gasteiger partial charge is 0.389 e. The predicted molar refractivity (Wildman–Crippen MR) is 90.4 cm³/mol. The molecule has 120 valence electrons. The van der Waals surface area contributed by atoms with E-state index in [1.54, 1.807) is 0 Å². The third-order valence-corrected chi connectivity index (χ3v) is 6.06. The summed E-state index contributed by atoms with van der Waals surface area (Å²) in [6.07, 6.45) is 6.99. The van der Waals surface area contributed by atoms with Crippen LogP contribution in [0, 0.1) is 11.8 Å². The highest BCUT2D eigenvalue weighted by atomic mass is 79.9. The van der Waals surface area contributed by atoms with Crippen molar-refractivity contribution in [3.8, 4) is 0 Å². The van der Waals surface area contributed by atoms with E-state index < -0.39 is 5.60 Å². The molecule has 1 aliphatic carbocycles. The number of aryl methyl sites for hydroxylation is 2. The minimum atomic E-state index is -0.565. The number of aromatic nitrogens is 2. The minimum Gasteiger partial charge on any atom is -0.389 e. The van der Waals surface area contributed by atoms with Crippen molar-refractivity contribution >= 4 is 15.9 Å². The summed E-state index contributed by atoms with van der Waals surface area (Å²) < 4.78 is 3.02. The molecule has 1 aromatic heterocycles. The Bertz CT molecular complexity index is 483. The van der Waals surface area contributed by atoms with Crippen LogP contribution in [0.1, 0.15) is 64.3 Å². The second-order valence-corrected chi connectivity index (χ2v) is 7.81. The molecule has 0 saturated heterocycles. The van der Waals surface area contributed by atoms with Crippen LogP contribution in [0.5, 0.6) is 0 Å². The molecule has 0 aromatic carbocycles. The van der Waals surface area contributed by atoms with Gasteiger partial charge in [0, 0.05) is 13.5 Å². The first-order valence-corrected chi connectivity index (χ1v) is 9.08. The van der Waals surface area contributed by atoms with Gasteiger partial charge in [0.1, 0.15) is 0 Å². The molecule has 3 nitrogen and oxygen atoms in total. The van der Waals surface area contributed by atoms with Crippen LogP contribution >= 0.6 is 15.9 Å². The lowest BCUT2D eigenvalue weighted by atomic mass is 9.86. The van der Waals surface area contributed by atoms with E-state index in [0.717, 1.165) is 59.8 Å². The van der Waals surface area contributed by atoms with Gasteiger partial charge in [-0.1, -0.05) is 33.6 Å². The second-order valence-electron chi connectivity index (χ2n) is 7.02. The molecule has 0 bridgehead atoms. The fourth-order valence-electron chi connectivity index (χ4n) is 3.58. The number of nitrogens with zero attached hydrogens (tertiary/aromatic N) is 2. The number of aliphatic hydroxyl groups is 1. The van der Waals surface area contributed by atoms with Crippen molar-refractivity contribution in [1.29, 1.82) is 0 Å². The van der Waals surface area contributed by atoms with Crippen molar-refractivity contribution in [3.05, 3.63) is 15.9 Å². The molecule has 1 N–H and O–H groups in total. The van der Waals surface area contributed by atoms with Crippen molar-refractivity contribution in [3.63, 3.8) is 0 Å². The maximum Gasteiger partial charge on any atom is 0.0766 e. The van der Waals surface area contributed by atoms with Gasteiger partial charge >= 0.3 is 0 Å². The number of hydrogen-bond donors (Lipinski definition) is 1. The molecule has 0 amide bonds. The first kappa shape index (κ1) is 17.0. The van der Waals surface area contributed by atoms with Gasteiger partial charge in [-0.3, -0.25) is 4.68 Å². The quantitative estimate of drug-likeness (QED) is 0.818. The Labute approximate surface area is 137 Å². The molecule has 4 heteroatoms. The van der Waals surface area contributed by atoms with Gasteiger partial charge in [0.05, 0.1) is 21.5 Å². The Morgan fingerprint density at radius 1 is 1.38 bits per heavy atom. The Balaban J connectivity index is 2.13. The molecule has 2 unspecified atom stereocenters. The summed E-state index contributed by atoms with van der Waals surface area (Å²) in [5.41, 5.74) is 1.66. The molecule has 1 aromatic rings. The average molecular weight is 357 g/mol. The Kier molecular flexibility index (Phi) is 5.53. The molecule has 1 saturated carbocycles. The third-order valence-electron chi connectivity index (χ3n) is 5.14. The van der Waals surface area contributed by atoms with Crippen molar-refractivity contribution in [2.24, 2.45) is 18.9 Å². The lowest BCUT2D eigenvalue weighted by Gasteiger charge is -2.27. The summed E-state index contributed by atoms with van der Waals surface area (Å²) in [5, 5.41) is 15.6. The van der Waals surface area contributed by atoms with E-state index in [0.29, 0.717) is 6.42 Å². The van der Waals surface area contributed by atoms with Gasteiger partial charge in [-0.05, 0) is 53.4 Å². The lowest BCUT2D eigenvalue weighted by Crippen LogP contribution is -2.32. The van der Waals surface area contributed by atoms with Gasteiger partial charge < -0.3 is 5.11 Å². The monoisotopic (exact) mass is 356 g/mol. The molecule has 1 fully saturated rings. The van der Waals surface area contributed by atoms with E-state index in [-0.39, 0.29) is 0 Å². The van der Waals surface area contributed by atoms with Crippen molar-refractivity contribution < 1.29 is 5.11 Å². The number of hydrogen-bond acceptors (Lipinski definition) is 2. The molecule has 0 spiro atoms. The Hall–Kier alpha value is -0.350. The molecule has 0 radical (unpaired) electrons. The normalized spacial score (nSPS) is 27.1. The fraction of sp³-hybridized carbons (Fsp3) is 0.824. The van der Waals surface area contributed by atoms with Crippen LogP contribution in [-0.4, -0.2) is 20.5 Å². The highest BCUT2D eigenvalue weighted by molar-refractivity contribution is 9.10. The number of halogens is 1. The summed E-state index contributed by atoms with van der Waals surface area (Å²) in [6.45, 7) is 6.73. The topological polar surface area (TPSA) is 38.0 Å². The second kappa shape index (κ2) is 6.82. The van der Waals surface area contributed by atoms with Gasteiger partial charge in [-0.2, -0.15) is 5.10 Å². The SMILES string of the molecule is CCc1nn(C)c(CC2(O)CCCC(C(C)C)CC2)c1Br. The zero-order valence-corrected chi connectivity index (χ0v) is 15.4. The summed E-state index contributed by atoms with van der Waals surface area (Å²) >= 11 is 3.67. The van der Waals surface area contributed by atoms with E-state index >= 15 is 0 Å². The number of rotatable bonds is 4. The summed E-state index contributed by atoms with van der Waals surface area (Å²) in [7, 11) is 1.98. The smallest absolute Gasteiger partial charge is 0.0766 e. The van der Waals surface area contributed by atoms with Crippen LogP contribution in [0.2, 0.25) is 0 Å². The lowest BCUT2D eigenvalue weighted by molar-refractivity contribution is 0.0218. The third kappa shape index (κ3) is 3.89. The minimum absolute atomic E-state index is 0.565. The molecule has 21 heavy (non-hydrogen) atoms. The summed E-state index contributed by atoms with van der Waals surface area (Å²) in [6, 6.07) is 0. The van der Waals surface area contributed by atoms with Crippen LogP contribution in [0.25, 0.3) is 0 Å². The Morgan fingerprint density at radius 3 is 2.67 bits per heavy atom. The summed E-state index contributed by atoms with van der Waals surface area (Å²) in [4.78, 5) is 0. The van der Waals surface area contributed by atoms with Crippen LogP contribution in [0.3, 0.4) is 0 Å². The van der Waals surface area contributed by atoms with E-state index in [1.165, 1.54) is 6.42 Å². The average Bonchev–Trinajstić information content (AvgIpc) is 2.61. The van der Waals surface area contributed by atoms with Crippen molar-refractivity contribution in [1.82, 2.24) is 9.78 Å². The van der Waals surface area contributed by atoms with Crippen molar-refractivity contribution in [2.75, 3.05) is 0 Å². The zero-order chi connectivity index (χ0) is 15.6. The Morgan fingerprint density at radius 2 is 2.10 bits per heavy atom. The van der Waals surface area contributed by atoms with Gasteiger partial charge in [-0.15, -0.1) is 0 Å². The molecule has 0 aliphatic heterocycles. The predicted octanol–water partition coefficient (Wildman–Crippen LogP) is 4.25. The first-order chi connectivity index (χ1) is 9.86. The molecule has 1 aliphatic rings. The maximum atomic E-state index is 11.1. The summed E-state index contributed by atoms with van der Waals surface area (Å²) in [5.74, 6) is 1.49. The van der Waals surface area contributed by atoms with Crippen LogP contribution < -0.4 is 0 Å². The van der Waals surface area contributed by atoms with Crippen LogP contribution in [0.4, 0.5) is 0 Å².